The zero-order chi connectivity index (χ0) is 23.8. The molecule has 0 spiro atoms. The molecule has 1 atom stereocenters. The zero-order valence-electron chi connectivity index (χ0n) is 19.2. The van der Waals surface area contributed by atoms with Crippen molar-refractivity contribution in [1.29, 1.82) is 0 Å². The van der Waals surface area contributed by atoms with Crippen molar-refractivity contribution in [3.8, 4) is 22.5 Å². The zero-order valence-corrected chi connectivity index (χ0v) is 20.8. The van der Waals surface area contributed by atoms with E-state index in [1.807, 2.05) is 60.7 Å². The average Bonchev–Trinajstić information content (AvgIpc) is 3.26. The standard InChI is InChI=1S/C27H23N5OS2/c1-16-12-13-19-20(14-16)35-26-22(19)25(33)28-21(29-26)15-34-27-30-23(17-8-4-2-5-9-17)24(31-32-27)18-10-6-3-7-11-18/h2-11,16H,12-15H2,1H3,(H,28,29,33). The van der Waals surface area contributed by atoms with Gasteiger partial charge >= 0.3 is 0 Å². The van der Waals surface area contributed by atoms with E-state index >= 15 is 0 Å². The first-order valence-electron chi connectivity index (χ1n) is 11.7. The van der Waals surface area contributed by atoms with Crippen molar-refractivity contribution in [2.75, 3.05) is 0 Å². The van der Waals surface area contributed by atoms with E-state index in [1.165, 1.54) is 22.2 Å². The van der Waals surface area contributed by atoms with Crippen LogP contribution < -0.4 is 5.56 Å². The third-order valence-electron chi connectivity index (χ3n) is 6.31. The Morgan fingerprint density at radius 2 is 1.69 bits per heavy atom. The predicted molar refractivity (Wildman–Crippen MR) is 142 cm³/mol. The summed E-state index contributed by atoms with van der Waals surface area (Å²) in [6.07, 6.45) is 3.13. The topological polar surface area (TPSA) is 84.4 Å². The van der Waals surface area contributed by atoms with Crippen molar-refractivity contribution >= 4 is 33.3 Å². The number of hydrogen-bond donors (Lipinski definition) is 1. The van der Waals surface area contributed by atoms with E-state index in [-0.39, 0.29) is 5.56 Å². The maximum absolute atomic E-state index is 12.9. The van der Waals surface area contributed by atoms with E-state index in [0.717, 1.165) is 52.0 Å². The Bertz CT molecular complexity index is 1560. The maximum Gasteiger partial charge on any atom is 0.259 e. The highest BCUT2D eigenvalue weighted by molar-refractivity contribution is 7.98. The van der Waals surface area contributed by atoms with Crippen LogP contribution in [0, 0.1) is 5.92 Å². The van der Waals surface area contributed by atoms with Crippen LogP contribution in [0.5, 0.6) is 0 Å². The molecule has 1 unspecified atom stereocenters. The lowest BCUT2D eigenvalue weighted by molar-refractivity contribution is 0.509. The summed E-state index contributed by atoms with van der Waals surface area (Å²) in [5.41, 5.74) is 4.64. The first-order valence-corrected chi connectivity index (χ1v) is 13.5. The second-order valence-electron chi connectivity index (χ2n) is 8.86. The molecule has 1 N–H and O–H groups in total. The number of benzene rings is 2. The minimum atomic E-state index is -0.0407. The van der Waals surface area contributed by atoms with Crippen molar-refractivity contribution < 1.29 is 0 Å². The molecule has 35 heavy (non-hydrogen) atoms. The molecule has 0 amide bonds. The van der Waals surface area contributed by atoms with Crippen LogP contribution in [0.3, 0.4) is 0 Å². The average molecular weight is 498 g/mol. The van der Waals surface area contributed by atoms with Crippen molar-refractivity contribution in [2.45, 2.75) is 37.1 Å². The van der Waals surface area contributed by atoms with Gasteiger partial charge in [-0.1, -0.05) is 79.3 Å². The fourth-order valence-corrected chi connectivity index (χ4v) is 6.61. The molecule has 0 saturated carbocycles. The number of thioether (sulfide) groups is 1. The molecule has 2 aromatic carbocycles. The maximum atomic E-state index is 12.9. The summed E-state index contributed by atoms with van der Waals surface area (Å²) in [6, 6.07) is 20.0. The van der Waals surface area contributed by atoms with Gasteiger partial charge in [-0.2, -0.15) is 0 Å². The van der Waals surface area contributed by atoms with Gasteiger partial charge in [-0.15, -0.1) is 21.5 Å². The molecular weight excluding hydrogens is 474 g/mol. The van der Waals surface area contributed by atoms with E-state index in [4.69, 9.17) is 9.97 Å². The predicted octanol–water partition coefficient (Wildman–Crippen LogP) is 5.92. The molecule has 3 aromatic heterocycles. The van der Waals surface area contributed by atoms with Crippen LogP contribution in [0.2, 0.25) is 0 Å². The fraction of sp³-hybridized carbons (Fsp3) is 0.222. The third kappa shape index (κ3) is 4.39. The number of aromatic amines is 1. The third-order valence-corrected chi connectivity index (χ3v) is 8.31. The summed E-state index contributed by atoms with van der Waals surface area (Å²) < 4.78 is 0. The van der Waals surface area contributed by atoms with Gasteiger partial charge in [-0.05, 0) is 30.7 Å². The van der Waals surface area contributed by atoms with Crippen molar-refractivity contribution in [3.63, 3.8) is 0 Å². The van der Waals surface area contributed by atoms with Gasteiger partial charge in [0.15, 0.2) is 0 Å². The summed E-state index contributed by atoms with van der Waals surface area (Å²) in [6.45, 7) is 2.27. The Morgan fingerprint density at radius 3 is 2.43 bits per heavy atom. The number of aryl methyl sites for hydroxylation is 1. The minimum absolute atomic E-state index is 0.0407. The number of nitrogens with one attached hydrogen (secondary N) is 1. The molecule has 0 radical (unpaired) electrons. The Hall–Kier alpha value is -3.36. The van der Waals surface area contributed by atoms with Crippen molar-refractivity contribution in [1.82, 2.24) is 25.1 Å². The number of thiophene rings is 1. The normalized spacial score (nSPS) is 15.3. The Labute approximate surface area is 210 Å². The second kappa shape index (κ2) is 9.36. The largest absolute Gasteiger partial charge is 0.309 e. The van der Waals surface area contributed by atoms with Gasteiger partial charge in [-0.25, -0.2) is 9.97 Å². The second-order valence-corrected chi connectivity index (χ2v) is 10.9. The molecule has 8 heteroatoms. The summed E-state index contributed by atoms with van der Waals surface area (Å²) in [5, 5.41) is 10.2. The summed E-state index contributed by atoms with van der Waals surface area (Å²) >= 11 is 3.09. The quantitative estimate of drug-likeness (QED) is 0.303. The molecular formula is C27H23N5OS2. The molecule has 0 saturated heterocycles. The van der Waals surface area contributed by atoms with Gasteiger partial charge in [0.05, 0.1) is 11.1 Å². The molecule has 6 rings (SSSR count). The van der Waals surface area contributed by atoms with Crippen LogP contribution in [0.15, 0.2) is 70.6 Å². The molecule has 0 aliphatic heterocycles. The fourth-order valence-electron chi connectivity index (χ4n) is 4.55. The van der Waals surface area contributed by atoms with Gasteiger partial charge in [0.2, 0.25) is 5.16 Å². The smallest absolute Gasteiger partial charge is 0.259 e. The Balaban J connectivity index is 1.31. The molecule has 174 valence electrons. The van der Waals surface area contributed by atoms with Crippen LogP contribution in [-0.4, -0.2) is 25.1 Å². The molecule has 5 aromatic rings. The molecule has 1 aliphatic rings. The van der Waals surface area contributed by atoms with Crippen LogP contribution >= 0.6 is 23.1 Å². The van der Waals surface area contributed by atoms with Gasteiger partial charge in [-0.3, -0.25) is 4.79 Å². The molecule has 0 bridgehead atoms. The SMILES string of the molecule is CC1CCc2c(sc3nc(CSc4nnc(-c5ccccc5)c(-c5ccccc5)n4)[nH]c(=O)c23)C1. The Kier molecular flexibility index (Phi) is 5.91. The molecule has 3 heterocycles. The summed E-state index contributed by atoms with van der Waals surface area (Å²) in [7, 11) is 0. The molecule has 6 nitrogen and oxygen atoms in total. The van der Waals surface area contributed by atoms with E-state index < -0.39 is 0 Å². The summed E-state index contributed by atoms with van der Waals surface area (Å²) in [5.74, 6) is 1.76. The Morgan fingerprint density at radius 1 is 0.971 bits per heavy atom. The van der Waals surface area contributed by atoms with Gasteiger partial charge in [0.25, 0.3) is 5.56 Å². The number of aromatic nitrogens is 5. The van der Waals surface area contributed by atoms with Gasteiger partial charge in [0.1, 0.15) is 22.0 Å². The monoisotopic (exact) mass is 497 g/mol. The van der Waals surface area contributed by atoms with E-state index in [9.17, 15) is 4.79 Å². The number of fused-ring (bicyclic) bond motifs is 3. The van der Waals surface area contributed by atoms with Crippen molar-refractivity contribution in [3.05, 3.63) is 87.3 Å². The van der Waals surface area contributed by atoms with Crippen LogP contribution in [0.1, 0.15) is 29.6 Å². The van der Waals surface area contributed by atoms with E-state index in [0.29, 0.717) is 22.7 Å². The van der Waals surface area contributed by atoms with Crippen LogP contribution in [0.25, 0.3) is 32.7 Å². The summed E-state index contributed by atoms with van der Waals surface area (Å²) in [4.78, 5) is 27.7. The molecule has 1 aliphatic carbocycles. The highest BCUT2D eigenvalue weighted by Gasteiger charge is 2.23. The first kappa shape index (κ1) is 22.1. The van der Waals surface area contributed by atoms with Crippen LogP contribution in [0.4, 0.5) is 0 Å². The first-order chi connectivity index (χ1) is 17.2. The van der Waals surface area contributed by atoms with Crippen molar-refractivity contribution in [2.24, 2.45) is 5.92 Å². The number of rotatable bonds is 5. The van der Waals surface area contributed by atoms with Gasteiger partial charge < -0.3 is 4.98 Å². The number of nitrogens with zero attached hydrogens (tertiary/aromatic N) is 4. The lowest BCUT2D eigenvalue weighted by Gasteiger charge is -2.17. The van der Waals surface area contributed by atoms with Gasteiger partial charge in [0, 0.05) is 16.0 Å². The lowest BCUT2D eigenvalue weighted by Crippen LogP contribution is -2.14. The van der Waals surface area contributed by atoms with Crippen LogP contribution in [-0.2, 0) is 18.6 Å². The number of hydrogen-bond acceptors (Lipinski definition) is 7. The van der Waals surface area contributed by atoms with E-state index in [1.54, 1.807) is 11.3 Å². The highest BCUT2D eigenvalue weighted by Crippen LogP contribution is 2.36. The van der Waals surface area contributed by atoms with E-state index in [2.05, 4.69) is 22.1 Å². The lowest BCUT2D eigenvalue weighted by atomic mass is 9.89. The minimum Gasteiger partial charge on any atom is -0.309 e. The number of H-pyrrole nitrogens is 1. The highest BCUT2D eigenvalue weighted by atomic mass is 32.2. The molecule has 0 fully saturated rings.